The van der Waals surface area contributed by atoms with Gasteiger partial charge < -0.3 is 9.26 Å². The summed E-state index contributed by atoms with van der Waals surface area (Å²) in [6.07, 6.45) is 5.38. The number of benzene rings is 1. The Hall–Kier alpha value is -2.66. The molecule has 5 heteroatoms. The van der Waals surface area contributed by atoms with Crippen molar-refractivity contribution in [3.63, 3.8) is 0 Å². The van der Waals surface area contributed by atoms with Gasteiger partial charge >= 0.3 is 0 Å². The minimum absolute atomic E-state index is 0.328. The molecule has 3 heterocycles. The summed E-state index contributed by atoms with van der Waals surface area (Å²) in [5, 5.41) is 4.26. The van der Waals surface area contributed by atoms with Crippen LogP contribution in [0.3, 0.4) is 0 Å². The summed E-state index contributed by atoms with van der Waals surface area (Å²) in [6.45, 7) is 4.40. The SMILES string of the molecule is Cc1cc([C@@H]2CCCCN2Cc2cccc(OCc3ccccn3)c2)no1. The van der Waals surface area contributed by atoms with Crippen LogP contribution in [0.25, 0.3) is 0 Å². The number of rotatable bonds is 6. The lowest BCUT2D eigenvalue weighted by Crippen LogP contribution is -2.33. The molecule has 0 unspecified atom stereocenters. The number of ether oxygens (including phenoxy) is 1. The van der Waals surface area contributed by atoms with E-state index in [9.17, 15) is 0 Å². The summed E-state index contributed by atoms with van der Waals surface area (Å²) < 4.78 is 11.2. The molecule has 0 N–H and O–H groups in total. The van der Waals surface area contributed by atoms with Gasteiger partial charge in [-0.2, -0.15) is 0 Å². The van der Waals surface area contributed by atoms with Crippen molar-refractivity contribution in [3.8, 4) is 5.75 Å². The van der Waals surface area contributed by atoms with Crippen molar-refractivity contribution in [1.29, 1.82) is 0 Å². The first-order valence-corrected chi connectivity index (χ1v) is 9.57. The molecule has 1 aliphatic heterocycles. The van der Waals surface area contributed by atoms with Gasteiger partial charge in [-0.05, 0) is 56.1 Å². The second-order valence-corrected chi connectivity index (χ2v) is 7.10. The van der Waals surface area contributed by atoms with Crippen LogP contribution in [-0.4, -0.2) is 21.6 Å². The fourth-order valence-corrected chi connectivity index (χ4v) is 3.67. The number of hydrogen-bond donors (Lipinski definition) is 0. The van der Waals surface area contributed by atoms with Crippen LogP contribution >= 0.6 is 0 Å². The van der Waals surface area contributed by atoms with Crippen molar-refractivity contribution in [1.82, 2.24) is 15.0 Å². The molecule has 4 rings (SSSR count). The zero-order valence-corrected chi connectivity index (χ0v) is 15.7. The first-order valence-electron chi connectivity index (χ1n) is 9.57. The monoisotopic (exact) mass is 363 g/mol. The van der Waals surface area contributed by atoms with E-state index in [-0.39, 0.29) is 0 Å². The highest BCUT2D eigenvalue weighted by Crippen LogP contribution is 2.32. The number of piperidine rings is 1. The molecular formula is C22H25N3O2. The molecule has 0 bridgehead atoms. The van der Waals surface area contributed by atoms with Gasteiger partial charge in [-0.25, -0.2) is 0 Å². The summed E-state index contributed by atoms with van der Waals surface area (Å²) in [4.78, 5) is 6.80. The highest BCUT2D eigenvalue weighted by atomic mass is 16.5. The lowest BCUT2D eigenvalue weighted by atomic mass is 9.98. The Balaban J connectivity index is 1.43. The van der Waals surface area contributed by atoms with E-state index in [0.717, 1.165) is 42.4 Å². The number of aryl methyl sites for hydroxylation is 1. The smallest absolute Gasteiger partial charge is 0.133 e. The average molecular weight is 363 g/mol. The van der Waals surface area contributed by atoms with Crippen LogP contribution in [-0.2, 0) is 13.2 Å². The van der Waals surface area contributed by atoms with Crippen LogP contribution in [0.1, 0.15) is 48.0 Å². The van der Waals surface area contributed by atoms with Gasteiger partial charge in [-0.1, -0.05) is 29.8 Å². The first kappa shape index (κ1) is 17.7. The van der Waals surface area contributed by atoms with Crippen LogP contribution in [0, 0.1) is 6.92 Å². The van der Waals surface area contributed by atoms with Gasteiger partial charge in [-0.3, -0.25) is 9.88 Å². The molecule has 2 aromatic heterocycles. The largest absolute Gasteiger partial charge is 0.487 e. The Morgan fingerprint density at radius 1 is 1.15 bits per heavy atom. The van der Waals surface area contributed by atoms with Gasteiger partial charge in [0.1, 0.15) is 23.8 Å². The van der Waals surface area contributed by atoms with Crippen LogP contribution in [0.2, 0.25) is 0 Å². The quantitative estimate of drug-likeness (QED) is 0.636. The van der Waals surface area contributed by atoms with Crippen LogP contribution in [0.4, 0.5) is 0 Å². The molecule has 140 valence electrons. The molecule has 1 aliphatic rings. The highest BCUT2D eigenvalue weighted by Gasteiger charge is 2.26. The van der Waals surface area contributed by atoms with E-state index in [2.05, 4.69) is 39.3 Å². The molecule has 27 heavy (non-hydrogen) atoms. The standard InChI is InChI=1S/C22H25N3O2/c1-17-13-21(24-27-17)22-10-3-5-12-25(22)15-18-7-6-9-20(14-18)26-16-19-8-2-4-11-23-19/h2,4,6-9,11,13-14,22H,3,5,10,12,15-16H2,1H3/t22-/m0/s1. The molecule has 0 radical (unpaired) electrons. The number of pyridine rings is 1. The molecule has 1 atom stereocenters. The predicted octanol–water partition coefficient (Wildman–Crippen LogP) is 4.68. The molecule has 1 fully saturated rings. The second kappa shape index (κ2) is 8.35. The van der Waals surface area contributed by atoms with E-state index in [4.69, 9.17) is 9.26 Å². The second-order valence-electron chi connectivity index (χ2n) is 7.10. The van der Waals surface area contributed by atoms with Crippen LogP contribution in [0.15, 0.2) is 59.3 Å². The molecule has 5 nitrogen and oxygen atoms in total. The zero-order valence-electron chi connectivity index (χ0n) is 15.7. The maximum Gasteiger partial charge on any atom is 0.133 e. The van der Waals surface area contributed by atoms with Gasteiger partial charge in [0, 0.05) is 18.8 Å². The first-order chi connectivity index (χ1) is 13.3. The molecule has 3 aromatic rings. The summed E-state index contributed by atoms with van der Waals surface area (Å²) in [6, 6.07) is 16.6. The zero-order chi connectivity index (χ0) is 18.5. The van der Waals surface area contributed by atoms with Gasteiger partial charge in [-0.15, -0.1) is 0 Å². The fraction of sp³-hybridized carbons (Fsp3) is 0.364. The van der Waals surface area contributed by atoms with Crippen molar-refractivity contribution in [3.05, 3.63) is 77.4 Å². The van der Waals surface area contributed by atoms with E-state index in [0.29, 0.717) is 12.6 Å². The van der Waals surface area contributed by atoms with Gasteiger partial charge in [0.15, 0.2) is 0 Å². The fourth-order valence-electron chi connectivity index (χ4n) is 3.67. The Morgan fingerprint density at radius 3 is 2.93 bits per heavy atom. The van der Waals surface area contributed by atoms with Crippen molar-refractivity contribution in [2.75, 3.05) is 6.54 Å². The molecule has 0 saturated carbocycles. The maximum atomic E-state index is 5.93. The van der Waals surface area contributed by atoms with E-state index >= 15 is 0 Å². The van der Waals surface area contributed by atoms with Crippen molar-refractivity contribution >= 4 is 0 Å². The summed E-state index contributed by atoms with van der Waals surface area (Å²) in [5.74, 6) is 1.75. The topological polar surface area (TPSA) is 51.4 Å². The molecule has 0 amide bonds. The Morgan fingerprint density at radius 2 is 2.11 bits per heavy atom. The van der Waals surface area contributed by atoms with Gasteiger partial charge in [0.2, 0.25) is 0 Å². The Kier molecular flexibility index (Phi) is 5.49. The lowest BCUT2D eigenvalue weighted by molar-refractivity contribution is 0.133. The van der Waals surface area contributed by atoms with Crippen LogP contribution in [0.5, 0.6) is 5.75 Å². The molecule has 1 saturated heterocycles. The molecule has 0 aliphatic carbocycles. The van der Waals surface area contributed by atoms with Crippen molar-refractivity contribution < 1.29 is 9.26 Å². The minimum Gasteiger partial charge on any atom is -0.487 e. The Labute approximate surface area is 160 Å². The van der Waals surface area contributed by atoms with Gasteiger partial charge in [0.05, 0.1) is 11.7 Å². The van der Waals surface area contributed by atoms with E-state index < -0.39 is 0 Å². The molecule has 0 spiro atoms. The number of aromatic nitrogens is 2. The van der Waals surface area contributed by atoms with E-state index in [1.54, 1.807) is 6.20 Å². The third-order valence-electron chi connectivity index (χ3n) is 5.00. The number of nitrogens with zero attached hydrogens (tertiary/aromatic N) is 3. The lowest BCUT2D eigenvalue weighted by Gasteiger charge is -2.34. The number of hydrogen-bond acceptors (Lipinski definition) is 5. The molecular weight excluding hydrogens is 338 g/mol. The highest BCUT2D eigenvalue weighted by molar-refractivity contribution is 5.29. The predicted molar refractivity (Wildman–Crippen MR) is 103 cm³/mol. The number of likely N-dealkylation sites (tertiary alicyclic amines) is 1. The van der Waals surface area contributed by atoms with E-state index in [1.165, 1.54) is 18.4 Å². The summed E-state index contributed by atoms with van der Waals surface area (Å²) in [5.41, 5.74) is 3.23. The van der Waals surface area contributed by atoms with Crippen molar-refractivity contribution in [2.45, 2.75) is 45.4 Å². The van der Waals surface area contributed by atoms with E-state index in [1.807, 2.05) is 31.2 Å². The maximum absolute atomic E-state index is 5.93. The average Bonchev–Trinajstić information content (AvgIpc) is 3.14. The Bertz CT molecular complexity index is 863. The minimum atomic E-state index is 0.328. The normalized spacial score (nSPS) is 17.7. The van der Waals surface area contributed by atoms with Gasteiger partial charge in [0.25, 0.3) is 0 Å². The summed E-state index contributed by atoms with van der Waals surface area (Å²) in [7, 11) is 0. The van der Waals surface area contributed by atoms with Crippen molar-refractivity contribution in [2.24, 2.45) is 0 Å². The third kappa shape index (κ3) is 4.55. The third-order valence-corrected chi connectivity index (χ3v) is 5.00. The summed E-state index contributed by atoms with van der Waals surface area (Å²) >= 11 is 0. The molecule has 1 aromatic carbocycles. The van der Waals surface area contributed by atoms with Crippen LogP contribution < -0.4 is 4.74 Å².